The first-order chi connectivity index (χ1) is 8.54. The molecule has 1 heterocycles. The summed E-state index contributed by atoms with van der Waals surface area (Å²) in [6.45, 7) is 1.76. The number of nitrogens with two attached hydrogens (primary N) is 1. The second kappa shape index (κ2) is 4.70. The zero-order valence-corrected chi connectivity index (χ0v) is 11.5. The minimum absolute atomic E-state index is 0.404. The molecular weight excluding hydrogens is 296 g/mol. The number of hydrogen-bond acceptors (Lipinski definition) is 4. The van der Waals surface area contributed by atoms with Gasteiger partial charge in [-0.15, -0.1) is 0 Å². The largest absolute Gasteiger partial charge is 0.437 e. The van der Waals surface area contributed by atoms with E-state index in [0.29, 0.717) is 33.0 Å². The average molecular weight is 307 g/mol. The monoisotopic (exact) mass is 306 g/mol. The summed E-state index contributed by atoms with van der Waals surface area (Å²) in [6, 6.07) is 7.39. The Hall–Kier alpha value is -2.00. The molecule has 5 nitrogen and oxygen atoms in total. The van der Waals surface area contributed by atoms with E-state index < -0.39 is 0 Å². The van der Waals surface area contributed by atoms with Crippen LogP contribution in [0, 0.1) is 18.3 Å². The molecule has 0 radical (unpaired) electrons. The van der Waals surface area contributed by atoms with Gasteiger partial charge in [-0.1, -0.05) is 6.07 Å². The maximum Gasteiger partial charge on any atom is 0.235 e. The van der Waals surface area contributed by atoms with Crippen LogP contribution in [0.5, 0.6) is 11.6 Å². The standard InChI is InChI=1S/C12H11BrN4O/c1-7-8(6-14)12(17(2)16-7)18-10-5-3-4-9(15)11(10)13/h3-5H,15H2,1-2H3. The van der Waals surface area contributed by atoms with Crippen molar-refractivity contribution in [1.82, 2.24) is 9.78 Å². The molecular formula is C12H11BrN4O. The summed E-state index contributed by atoms with van der Waals surface area (Å²) in [5, 5.41) is 13.2. The number of nitrogens with zero attached hydrogens (tertiary/aromatic N) is 3. The van der Waals surface area contributed by atoms with E-state index >= 15 is 0 Å². The first-order valence-corrected chi connectivity index (χ1v) is 5.99. The lowest BCUT2D eigenvalue weighted by Crippen LogP contribution is -1.97. The Balaban J connectivity index is 2.47. The van der Waals surface area contributed by atoms with Crippen LogP contribution < -0.4 is 10.5 Å². The van der Waals surface area contributed by atoms with Gasteiger partial charge in [0.05, 0.1) is 10.2 Å². The summed E-state index contributed by atoms with van der Waals surface area (Å²) in [7, 11) is 1.73. The minimum atomic E-state index is 0.404. The van der Waals surface area contributed by atoms with Gasteiger partial charge in [-0.05, 0) is 35.0 Å². The van der Waals surface area contributed by atoms with Gasteiger partial charge in [0.1, 0.15) is 17.4 Å². The molecule has 6 heteroatoms. The molecule has 18 heavy (non-hydrogen) atoms. The Morgan fingerprint density at radius 1 is 1.50 bits per heavy atom. The predicted octanol–water partition coefficient (Wildman–Crippen LogP) is 2.74. The number of halogens is 1. The lowest BCUT2D eigenvalue weighted by atomic mass is 10.3. The van der Waals surface area contributed by atoms with Gasteiger partial charge < -0.3 is 10.5 Å². The highest BCUT2D eigenvalue weighted by Crippen LogP contribution is 2.35. The van der Waals surface area contributed by atoms with Crippen molar-refractivity contribution < 1.29 is 4.74 Å². The summed E-state index contributed by atoms with van der Waals surface area (Å²) >= 11 is 3.35. The van der Waals surface area contributed by atoms with Crippen LogP contribution in [0.4, 0.5) is 5.69 Å². The summed E-state index contributed by atoms with van der Waals surface area (Å²) in [6.07, 6.45) is 0. The van der Waals surface area contributed by atoms with Gasteiger partial charge >= 0.3 is 0 Å². The van der Waals surface area contributed by atoms with Crippen LogP contribution in [0.25, 0.3) is 0 Å². The SMILES string of the molecule is Cc1nn(C)c(Oc2cccc(N)c2Br)c1C#N. The van der Waals surface area contributed by atoms with Crippen molar-refractivity contribution >= 4 is 21.6 Å². The van der Waals surface area contributed by atoms with Gasteiger partial charge in [0.25, 0.3) is 0 Å². The van der Waals surface area contributed by atoms with E-state index in [4.69, 9.17) is 15.7 Å². The number of nitrogen functional groups attached to an aromatic ring is 1. The van der Waals surface area contributed by atoms with Crippen LogP contribution in [-0.4, -0.2) is 9.78 Å². The molecule has 0 saturated heterocycles. The lowest BCUT2D eigenvalue weighted by Gasteiger charge is -2.09. The van der Waals surface area contributed by atoms with Crippen molar-refractivity contribution in [3.05, 3.63) is 33.9 Å². The number of hydrogen-bond donors (Lipinski definition) is 1. The normalized spacial score (nSPS) is 10.1. The van der Waals surface area contributed by atoms with Crippen LogP contribution >= 0.6 is 15.9 Å². The Morgan fingerprint density at radius 3 is 2.89 bits per heavy atom. The summed E-state index contributed by atoms with van der Waals surface area (Å²) in [5.74, 6) is 0.954. The van der Waals surface area contributed by atoms with Gasteiger partial charge in [-0.2, -0.15) is 10.4 Å². The van der Waals surface area contributed by atoms with E-state index in [-0.39, 0.29) is 0 Å². The average Bonchev–Trinajstić information content (AvgIpc) is 2.59. The number of benzene rings is 1. The van der Waals surface area contributed by atoms with E-state index in [9.17, 15) is 0 Å². The van der Waals surface area contributed by atoms with Crippen LogP contribution in [0.3, 0.4) is 0 Å². The Kier molecular flexibility index (Phi) is 3.26. The van der Waals surface area contributed by atoms with Crippen molar-refractivity contribution in [3.63, 3.8) is 0 Å². The molecule has 0 atom stereocenters. The topological polar surface area (TPSA) is 76.9 Å². The lowest BCUT2D eigenvalue weighted by molar-refractivity contribution is 0.427. The minimum Gasteiger partial charge on any atom is -0.437 e. The quantitative estimate of drug-likeness (QED) is 0.865. The van der Waals surface area contributed by atoms with Gasteiger partial charge in [-0.3, -0.25) is 0 Å². The molecule has 92 valence electrons. The molecule has 2 N–H and O–H groups in total. The fourth-order valence-electron chi connectivity index (χ4n) is 1.59. The van der Waals surface area contributed by atoms with E-state index in [0.717, 1.165) is 0 Å². The van der Waals surface area contributed by atoms with Crippen LogP contribution in [-0.2, 0) is 7.05 Å². The fourth-order valence-corrected chi connectivity index (χ4v) is 1.94. The Labute approximate surface area is 113 Å². The molecule has 0 unspecified atom stereocenters. The van der Waals surface area contributed by atoms with Crippen molar-refractivity contribution in [3.8, 4) is 17.7 Å². The zero-order valence-electron chi connectivity index (χ0n) is 9.94. The van der Waals surface area contributed by atoms with E-state index in [2.05, 4.69) is 27.1 Å². The molecule has 0 spiro atoms. The van der Waals surface area contributed by atoms with Crippen molar-refractivity contribution in [2.75, 3.05) is 5.73 Å². The van der Waals surface area contributed by atoms with E-state index in [1.165, 1.54) is 4.68 Å². The second-order valence-electron chi connectivity index (χ2n) is 3.76. The third kappa shape index (κ3) is 2.05. The van der Waals surface area contributed by atoms with Crippen molar-refractivity contribution in [2.45, 2.75) is 6.92 Å². The maximum atomic E-state index is 9.09. The van der Waals surface area contributed by atoms with Crippen molar-refractivity contribution in [1.29, 1.82) is 5.26 Å². The Bertz CT molecular complexity index is 642. The number of ether oxygens (including phenoxy) is 1. The molecule has 0 fully saturated rings. The van der Waals surface area contributed by atoms with Crippen LogP contribution in [0.1, 0.15) is 11.3 Å². The van der Waals surface area contributed by atoms with Gasteiger partial charge in [0.2, 0.25) is 5.88 Å². The molecule has 0 bridgehead atoms. The second-order valence-corrected chi connectivity index (χ2v) is 4.56. The predicted molar refractivity (Wildman–Crippen MR) is 71.3 cm³/mol. The molecule has 0 saturated carbocycles. The van der Waals surface area contributed by atoms with Gasteiger partial charge in [-0.25, -0.2) is 4.68 Å². The van der Waals surface area contributed by atoms with Crippen molar-refractivity contribution in [2.24, 2.45) is 7.05 Å². The smallest absolute Gasteiger partial charge is 0.235 e. The molecule has 2 rings (SSSR count). The maximum absolute atomic E-state index is 9.09. The third-order valence-corrected chi connectivity index (χ3v) is 3.33. The fraction of sp³-hybridized carbons (Fsp3) is 0.167. The molecule has 2 aromatic rings. The number of rotatable bonds is 2. The summed E-state index contributed by atoms with van der Waals surface area (Å²) < 4.78 is 7.91. The van der Waals surface area contributed by atoms with Crippen LogP contribution in [0.15, 0.2) is 22.7 Å². The first kappa shape index (κ1) is 12.5. The summed E-state index contributed by atoms with van der Waals surface area (Å²) in [5.41, 5.74) is 7.41. The van der Waals surface area contributed by atoms with Gasteiger partial charge in [0.15, 0.2) is 0 Å². The Morgan fingerprint density at radius 2 is 2.22 bits per heavy atom. The first-order valence-electron chi connectivity index (χ1n) is 5.20. The molecule has 1 aromatic carbocycles. The highest BCUT2D eigenvalue weighted by atomic mass is 79.9. The van der Waals surface area contributed by atoms with Gasteiger partial charge in [0, 0.05) is 12.7 Å². The molecule has 0 aliphatic carbocycles. The van der Waals surface area contributed by atoms with E-state index in [1.807, 2.05) is 0 Å². The highest BCUT2D eigenvalue weighted by Gasteiger charge is 2.16. The zero-order chi connectivity index (χ0) is 13.3. The third-order valence-electron chi connectivity index (χ3n) is 2.48. The van der Waals surface area contributed by atoms with Crippen LogP contribution in [0.2, 0.25) is 0 Å². The molecule has 1 aromatic heterocycles. The number of aromatic nitrogens is 2. The number of anilines is 1. The number of aryl methyl sites for hydroxylation is 2. The summed E-state index contributed by atoms with van der Waals surface area (Å²) in [4.78, 5) is 0. The molecule has 0 aliphatic heterocycles. The molecule has 0 aliphatic rings. The molecule has 0 amide bonds. The number of nitriles is 1. The van der Waals surface area contributed by atoms with E-state index in [1.54, 1.807) is 32.2 Å². The highest BCUT2D eigenvalue weighted by molar-refractivity contribution is 9.10.